The summed E-state index contributed by atoms with van der Waals surface area (Å²) >= 11 is 5.53. The Kier molecular flexibility index (Phi) is 7.55. The summed E-state index contributed by atoms with van der Waals surface area (Å²) in [6.45, 7) is 4.13. The predicted octanol–water partition coefficient (Wildman–Crippen LogP) is 5.37. The molecule has 0 spiro atoms. The largest absolute Gasteiger partial charge is 0.467 e. The second-order valence-electron chi connectivity index (χ2n) is 7.27. The maximum Gasteiger partial charge on any atom is 0.416 e. The summed E-state index contributed by atoms with van der Waals surface area (Å²) in [4.78, 5) is 4.37. The van der Waals surface area contributed by atoms with Gasteiger partial charge in [0.25, 0.3) is 0 Å². The number of likely N-dealkylation sites (tertiary alicyclic amines) is 1. The van der Waals surface area contributed by atoms with Crippen molar-refractivity contribution in [2.24, 2.45) is 0 Å². The first-order valence-electron chi connectivity index (χ1n) is 9.90. The van der Waals surface area contributed by atoms with Crippen molar-refractivity contribution in [2.75, 3.05) is 31.5 Å². The summed E-state index contributed by atoms with van der Waals surface area (Å²) in [6, 6.07) is 8.76. The number of halogens is 3. The van der Waals surface area contributed by atoms with E-state index in [0.29, 0.717) is 23.9 Å². The van der Waals surface area contributed by atoms with Crippen molar-refractivity contribution in [3.8, 4) is 0 Å². The van der Waals surface area contributed by atoms with Crippen LogP contribution in [0.25, 0.3) is 0 Å². The summed E-state index contributed by atoms with van der Waals surface area (Å²) in [5.74, 6) is 0.758. The molecule has 0 amide bonds. The van der Waals surface area contributed by atoms with E-state index in [1.807, 2.05) is 17.0 Å². The van der Waals surface area contributed by atoms with E-state index in [-0.39, 0.29) is 0 Å². The summed E-state index contributed by atoms with van der Waals surface area (Å²) in [5.41, 5.74) is -0.378. The predicted molar refractivity (Wildman–Crippen MR) is 112 cm³/mol. The summed E-state index contributed by atoms with van der Waals surface area (Å²) in [5, 5.41) is 3.35. The van der Waals surface area contributed by atoms with Crippen molar-refractivity contribution in [3.05, 3.63) is 54.0 Å². The molecule has 0 unspecified atom stereocenters. The van der Waals surface area contributed by atoms with Crippen LogP contribution < -0.4 is 5.32 Å². The first-order chi connectivity index (χ1) is 13.9. The average molecular weight is 426 g/mol. The zero-order valence-electron chi connectivity index (χ0n) is 16.3. The molecule has 4 nitrogen and oxygen atoms in total. The summed E-state index contributed by atoms with van der Waals surface area (Å²) < 4.78 is 44.4. The van der Waals surface area contributed by atoms with Gasteiger partial charge in [0.05, 0.1) is 18.4 Å². The second-order valence-corrected chi connectivity index (χ2v) is 7.65. The van der Waals surface area contributed by atoms with Crippen molar-refractivity contribution >= 4 is 23.0 Å². The highest BCUT2D eigenvalue weighted by Gasteiger charge is 2.30. The molecule has 1 aromatic heterocycles. The molecule has 2 aromatic rings. The van der Waals surface area contributed by atoms with Gasteiger partial charge in [-0.1, -0.05) is 18.9 Å². The average Bonchev–Trinajstić information content (AvgIpc) is 3.06. The van der Waals surface area contributed by atoms with E-state index in [1.165, 1.54) is 31.7 Å². The number of hydrogen-bond acceptors (Lipinski definition) is 3. The van der Waals surface area contributed by atoms with E-state index in [1.54, 1.807) is 12.3 Å². The molecule has 0 radical (unpaired) electrons. The molecule has 1 fully saturated rings. The second kappa shape index (κ2) is 10.1. The summed E-state index contributed by atoms with van der Waals surface area (Å²) in [6.07, 6.45) is 2.14. The lowest BCUT2D eigenvalue weighted by Gasteiger charge is -2.28. The maximum absolute atomic E-state index is 13.0. The molecule has 0 aliphatic carbocycles. The third-order valence-electron chi connectivity index (χ3n) is 5.04. The van der Waals surface area contributed by atoms with Gasteiger partial charge in [0.2, 0.25) is 0 Å². The van der Waals surface area contributed by atoms with Gasteiger partial charge < -0.3 is 19.5 Å². The zero-order valence-corrected chi connectivity index (χ0v) is 17.1. The Labute approximate surface area is 174 Å². The van der Waals surface area contributed by atoms with Crippen LogP contribution in [0.5, 0.6) is 0 Å². The van der Waals surface area contributed by atoms with Crippen LogP contribution in [0.4, 0.5) is 18.9 Å². The van der Waals surface area contributed by atoms with Crippen molar-refractivity contribution < 1.29 is 17.6 Å². The van der Waals surface area contributed by atoms with Gasteiger partial charge in [-0.2, -0.15) is 13.2 Å². The van der Waals surface area contributed by atoms with Crippen molar-refractivity contribution in [2.45, 2.75) is 38.4 Å². The molecule has 3 rings (SSSR count). The van der Waals surface area contributed by atoms with Crippen LogP contribution in [0.3, 0.4) is 0 Å². The number of benzene rings is 1. The number of nitrogens with one attached hydrogen (secondary N) is 1. The van der Waals surface area contributed by atoms with Gasteiger partial charge >= 0.3 is 6.18 Å². The molecule has 1 aromatic carbocycles. The van der Waals surface area contributed by atoms with Crippen LogP contribution in [0.15, 0.2) is 47.1 Å². The van der Waals surface area contributed by atoms with Crippen molar-refractivity contribution in [1.82, 2.24) is 9.80 Å². The van der Waals surface area contributed by atoms with E-state index in [0.717, 1.165) is 37.5 Å². The first kappa shape index (κ1) is 21.6. The first-order valence-corrected chi connectivity index (χ1v) is 10.3. The van der Waals surface area contributed by atoms with Crippen LogP contribution in [0.1, 0.15) is 37.0 Å². The highest BCUT2D eigenvalue weighted by Crippen LogP contribution is 2.30. The molecule has 0 saturated carbocycles. The van der Waals surface area contributed by atoms with Gasteiger partial charge in [-0.15, -0.1) is 0 Å². The Morgan fingerprint density at radius 1 is 1.10 bits per heavy atom. The number of nitrogens with zero attached hydrogens (tertiary/aromatic N) is 2. The van der Waals surface area contributed by atoms with Gasteiger partial charge in [0.1, 0.15) is 5.76 Å². The topological polar surface area (TPSA) is 31.6 Å². The fourth-order valence-corrected chi connectivity index (χ4v) is 3.71. The SMILES string of the molecule is FC(F)(F)c1cccc(NC(=S)N(CCN2CCCCCC2)Cc2ccco2)c1. The van der Waals surface area contributed by atoms with Crippen LogP contribution >= 0.6 is 12.2 Å². The van der Waals surface area contributed by atoms with E-state index < -0.39 is 11.7 Å². The molecular weight excluding hydrogens is 399 g/mol. The van der Waals surface area contributed by atoms with Crippen molar-refractivity contribution in [1.29, 1.82) is 0 Å². The molecule has 1 aliphatic rings. The number of hydrogen-bond donors (Lipinski definition) is 1. The molecule has 1 aliphatic heterocycles. The lowest BCUT2D eigenvalue weighted by molar-refractivity contribution is -0.137. The lowest BCUT2D eigenvalue weighted by atomic mass is 10.2. The van der Waals surface area contributed by atoms with Gasteiger partial charge in [-0.25, -0.2) is 0 Å². The molecule has 0 atom stereocenters. The highest BCUT2D eigenvalue weighted by atomic mass is 32.1. The molecular formula is C21H26F3N3OS. The Morgan fingerprint density at radius 2 is 1.86 bits per heavy atom. The Balaban J connectivity index is 1.66. The molecule has 29 heavy (non-hydrogen) atoms. The van der Waals surface area contributed by atoms with Crippen LogP contribution in [0, 0.1) is 0 Å². The normalized spacial score (nSPS) is 15.7. The number of alkyl halides is 3. The van der Waals surface area contributed by atoms with Crippen LogP contribution in [-0.2, 0) is 12.7 Å². The standard InChI is InChI=1S/C21H26F3N3OS/c22-21(23,24)17-7-5-8-18(15-17)25-20(29)27(16-19-9-6-14-28-19)13-12-26-10-3-1-2-4-11-26/h5-9,14-15H,1-4,10-13,16H2,(H,25,29). The molecule has 2 heterocycles. The van der Waals surface area contributed by atoms with Gasteiger partial charge in [0.15, 0.2) is 5.11 Å². The zero-order chi connectivity index (χ0) is 20.7. The van der Waals surface area contributed by atoms with E-state index in [4.69, 9.17) is 16.6 Å². The van der Waals surface area contributed by atoms with Gasteiger partial charge in [-0.3, -0.25) is 0 Å². The molecule has 158 valence electrons. The van der Waals surface area contributed by atoms with Crippen LogP contribution in [-0.4, -0.2) is 41.1 Å². The third kappa shape index (κ3) is 6.75. The van der Waals surface area contributed by atoms with Crippen molar-refractivity contribution in [3.63, 3.8) is 0 Å². The van der Waals surface area contributed by atoms with E-state index in [2.05, 4.69) is 10.2 Å². The highest BCUT2D eigenvalue weighted by molar-refractivity contribution is 7.80. The Morgan fingerprint density at radius 3 is 2.52 bits per heavy atom. The fourth-order valence-electron chi connectivity index (χ4n) is 3.44. The van der Waals surface area contributed by atoms with E-state index in [9.17, 15) is 13.2 Å². The van der Waals surface area contributed by atoms with E-state index >= 15 is 0 Å². The Hall–Kier alpha value is -2.06. The maximum atomic E-state index is 13.0. The minimum absolute atomic E-state index is 0.323. The molecule has 1 saturated heterocycles. The van der Waals surface area contributed by atoms with Crippen LogP contribution in [0.2, 0.25) is 0 Å². The van der Waals surface area contributed by atoms with Gasteiger partial charge in [-0.05, 0) is 68.5 Å². The van der Waals surface area contributed by atoms with Gasteiger partial charge in [0, 0.05) is 18.8 Å². The molecule has 0 bridgehead atoms. The Bertz CT molecular complexity index is 772. The number of anilines is 1. The monoisotopic (exact) mass is 425 g/mol. The number of rotatable bonds is 6. The third-order valence-corrected chi connectivity index (χ3v) is 5.40. The smallest absolute Gasteiger partial charge is 0.416 e. The quantitative estimate of drug-likeness (QED) is 0.629. The number of furan rings is 1. The summed E-state index contributed by atoms with van der Waals surface area (Å²) in [7, 11) is 0. The molecule has 1 N–H and O–H groups in total. The lowest BCUT2D eigenvalue weighted by Crippen LogP contribution is -2.40. The minimum atomic E-state index is -4.39. The fraction of sp³-hybridized carbons (Fsp3) is 0.476. The number of thiocarbonyl (C=S) groups is 1. The minimum Gasteiger partial charge on any atom is -0.467 e. The molecule has 8 heteroatoms.